The van der Waals surface area contributed by atoms with Crippen molar-refractivity contribution >= 4 is 14.8 Å². The molecule has 0 rings (SSSR count). The maximum Gasteiger partial charge on any atom is 0.306 e. The van der Waals surface area contributed by atoms with Gasteiger partial charge in [-0.15, -0.1) is 0 Å². The zero-order chi connectivity index (χ0) is 14.0. The minimum Gasteiger partial charge on any atom is -0.481 e. The molecule has 18 heavy (non-hydrogen) atoms. The molecule has 0 bridgehead atoms. The number of carboxylic acids is 1. The highest BCUT2D eigenvalue weighted by atomic mass is 28.3. The van der Waals surface area contributed by atoms with Gasteiger partial charge in [0.1, 0.15) is 0 Å². The SMILES string of the molecule is CCCCCCCC(CCCC)(C(=O)O)[SiH](C)C. The summed E-state index contributed by atoms with van der Waals surface area (Å²) in [5.41, 5.74) is 0. The highest BCUT2D eigenvalue weighted by molar-refractivity contribution is 6.63. The molecular formula is C15H32O2Si. The number of hydrogen-bond acceptors (Lipinski definition) is 1. The van der Waals surface area contributed by atoms with E-state index in [1.165, 1.54) is 25.7 Å². The van der Waals surface area contributed by atoms with Crippen molar-refractivity contribution in [3.05, 3.63) is 0 Å². The molecule has 3 heteroatoms. The van der Waals surface area contributed by atoms with Gasteiger partial charge in [0.05, 0.1) is 13.8 Å². The molecule has 1 atom stereocenters. The minimum atomic E-state index is -1.17. The molecule has 0 radical (unpaired) electrons. The van der Waals surface area contributed by atoms with Gasteiger partial charge in [0.25, 0.3) is 0 Å². The zero-order valence-electron chi connectivity index (χ0n) is 12.8. The van der Waals surface area contributed by atoms with Crippen LogP contribution in [-0.4, -0.2) is 19.9 Å². The zero-order valence-corrected chi connectivity index (χ0v) is 14.0. The van der Waals surface area contributed by atoms with E-state index in [1.54, 1.807) is 0 Å². The Balaban J connectivity index is 4.39. The van der Waals surface area contributed by atoms with Crippen molar-refractivity contribution in [3.8, 4) is 0 Å². The second-order valence-electron chi connectivity index (χ2n) is 5.88. The molecule has 0 fully saturated rings. The summed E-state index contributed by atoms with van der Waals surface area (Å²) < 4.78 is 0. The summed E-state index contributed by atoms with van der Waals surface area (Å²) in [4.78, 5) is 11.7. The van der Waals surface area contributed by atoms with Gasteiger partial charge < -0.3 is 5.11 Å². The summed E-state index contributed by atoms with van der Waals surface area (Å²) in [6.45, 7) is 8.77. The van der Waals surface area contributed by atoms with E-state index in [9.17, 15) is 9.90 Å². The summed E-state index contributed by atoms with van der Waals surface area (Å²) in [5, 5.41) is 9.31. The molecule has 1 N–H and O–H groups in total. The van der Waals surface area contributed by atoms with Crippen molar-refractivity contribution in [2.75, 3.05) is 0 Å². The molecule has 108 valence electrons. The van der Waals surface area contributed by atoms with Gasteiger partial charge in [-0.1, -0.05) is 71.9 Å². The van der Waals surface area contributed by atoms with Crippen LogP contribution in [0.15, 0.2) is 0 Å². The highest BCUT2D eigenvalue weighted by Crippen LogP contribution is 2.42. The van der Waals surface area contributed by atoms with Crippen LogP contribution in [-0.2, 0) is 4.79 Å². The Morgan fingerprint density at radius 2 is 1.44 bits per heavy atom. The van der Waals surface area contributed by atoms with E-state index in [0.29, 0.717) is 0 Å². The van der Waals surface area contributed by atoms with E-state index in [1.807, 2.05) is 0 Å². The number of carboxylic acid groups (broad SMARTS) is 1. The average molecular weight is 273 g/mol. The van der Waals surface area contributed by atoms with Crippen LogP contribution in [0.5, 0.6) is 0 Å². The molecule has 0 aliphatic carbocycles. The predicted octanol–water partition coefficient (Wildman–Crippen LogP) is 4.85. The second kappa shape index (κ2) is 9.60. The van der Waals surface area contributed by atoms with Crippen LogP contribution in [0.25, 0.3) is 0 Å². The number of aliphatic carboxylic acids is 1. The Hall–Kier alpha value is -0.313. The smallest absolute Gasteiger partial charge is 0.306 e. The average Bonchev–Trinajstić information content (AvgIpc) is 2.32. The first-order valence-electron chi connectivity index (χ1n) is 7.74. The lowest BCUT2D eigenvalue weighted by atomic mass is 9.94. The molecular weight excluding hydrogens is 240 g/mol. The Morgan fingerprint density at radius 1 is 0.944 bits per heavy atom. The van der Waals surface area contributed by atoms with Crippen LogP contribution >= 0.6 is 0 Å². The number of unbranched alkanes of at least 4 members (excludes halogenated alkanes) is 5. The molecule has 0 saturated heterocycles. The Kier molecular flexibility index (Phi) is 9.43. The molecule has 2 nitrogen and oxygen atoms in total. The lowest BCUT2D eigenvalue weighted by molar-refractivity contribution is -0.141. The molecule has 0 heterocycles. The summed E-state index contributed by atoms with van der Waals surface area (Å²) in [7, 11) is -1.17. The van der Waals surface area contributed by atoms with Gasteiger partial charge >= 0.3 is 5.97 Å². The highest BCUT2D eigenvalue weighted by Gasteiger charge is 2.40. The molecule has 0 aromatic rings. The maximum absolute atomic E-state index is 11.7. The van der Waals surface area contributed by atoms with Crippen LogP contribution in [0.1, 0.15) is 71.6 Å². The van der Waals surface area contributed by atoms with Crippen molar-refractivity contribution in [3.63, 3.8) is 0 Å². The third-order valence-corrected chi connectivity index (χ3v) is 7.27. The van der Waals surface area contributed by atoms with Gasteiger partial charge in [0.2, 0.25) is 0 Å². The molecule has 0 saturated carbocycles. The number of carbonyl (C=O) groups is 1. The summed E-state index contributed by atoms with van der Waals surface area (Å²) in [6.07, 6.45) is 10.1. The van der Waals surface area contributed by atoms with E-state index in [2.05, 4.69) is 26.9 Å². The van der Waals surface area contributed by atoms with Gasteiger partial charge in [0, 0.05) is 0 Å². The van der Waals surface area contributed by atoms with Gasteiger partial charge in [-0.2, -0.15) is 0 Å². The monoisotopic (exact) mass is 272 g/mol. The summed E-state index contributed by atoms with van der Waals surface area (Å²) in [6, 6.07) is 0. The molecule has 0 aliphatic heterocycles. The van der Waals surface area contributed by atoms with Crippen LogP contribution in [0.3, 0.4) is 0 Å². The predicted molar refractivity (Wildman–Crippen MR) is 82.1 cm³/mol. The minimum absolute atomic E-state index is 0.345. The fraction of sp³-hybridized carbons (Fsp3) is 0.933. The molecule has 0 aromatic carbocycles. The lowest BCUT2D eigenvalue weighted by Gasteiger charge is -2.33. The van der Waals surface area contributed by atoms with Gasteiger partial charge in [-0.05, 0) is 12.8 Å². The quantitative estimate of drug-likeness (QED) is 0.431. The van der Waals surface area contributed by atoms with Crippen molar-refractivity contribution in [1.29, 1.82) is 0 Å². The van der Waals surface area contributed by atoms with Crippen LogP contribution < -0.4 is 0 Å². The molecule has 1 unspecified atom stereocenters. The van der Waals surface area contributed by atoms with E-state index >= 15 is 0 Å². The van der Waals surface area contributed by atoms with Gasteiger partial charge in [-0.25, -0.2) is 0 Å². The normalized spacial score (nSPS) is 14.7. The Labute approximate surface area is 115 Å². The van der Waals surface area contributed by atoms with Crippen molar-refractivity contribution in [2.24, 2.45) is 0 Å². The fourth-order valence-electron chi connectivity index (χ4n) is 2.70. The first-order valence-corrected chi connectivity index (χ1v) is 10.6. The largest absolute Gasteiger partial charge is 0.481 e. The standard InChI is InChI=1S/C15H32O2Si/c1-5-7-9-10-11-13-15(14(16)17,18(3)4)12-8-6-2/h18H,5-13H2,1-4H3,(H,16,17). The van der Waals surface area contributed by atoms with E-state index in [0.717, 1.165) is 32.1 Å². The Bertz CT molecular complexity index is 229. The van der Waals surface area contributed by atoms with Crippen molar-refractivity contribution < 1.29 is 9.90 Å². The van der Waals surface area contributed by atoms with Gasteiger partial charge in [-0.3, -0.25) is 4.79 Å². The lowest BCUT2D eigenvalue weighted by Crippen LogP contribution is -2.35. The third-order valence-electron chi connectivity index (χ3n) is 4.23. The molecule has 0 spiro atoms. The van der Waals surface area contributed by atoms with Crippen molar-refractivity contribution in [2.45, 2.75) is 89.8 Å². The second-order valence-corrected chi connectivity index (χ2v) is 9.30. The first-order chi connectivity index (χ1) is 8.51. The van der Waals surface area contributed by atoms with E-state index in [4.69, 9.17) is 0 Å². The first kappa shape index (κ1) is 17.7. The molecule has 0 aliphatic rings. The van der Waals surface area contributed by atoms with Crippen LogP contribution in [0.4, 0.5) is 0 Å². The molecule has 0 amide bonds. The topological polar surface area (TPSA) is 37.3 Å². The number of rotatable bonds is 11. The van der Waals surface area contributed by atoms with Crippen molar-refractivity contribution in [1.82, 2.24) is 0 Å². The fourth-order valence-corrected chi connectivity index (χ4v) is 4.76. The summed E-state index contributed by atoms with van der Waals surface area (Å²) in [5.74, 6) is -0.520. The van der Waals surface area contributed by atoms with Crippen LogP contribution in [0.2, 0.25) is 18.1 Å². The maximum atomic E-state index is 11.7. The van der Waals surface area contributed by atoms with Crippen LogP contribution in [0, 0.1) is 0 Å². The third kappa shape index (κ3) is 5.55. The Morgan fingerprint density at radius 3 is 1.89 bits per heavy atom. The van der Waals surface area contributed by atoms with E-state index < -0.39 is 14.8 Å². The summed E-state index contributed by atoms with van der Waals surface area (Å²) >= 11 is 0. The molecule has 0 aromatic heterocycles. The number of hydrogen-bond donors (Lipinski definition) is 1. The van der Waals surface area contributed by atoms with Gasteiger partial charge in [0.15, 0.2) is 0 Å². The van der Waals surface area contributed by atoms with E-state index in [-0.39, 0.29) is 5.04 Å².